The SMILES string of the molecule is CC1CN(C[C@@]2(O)CC[C@@]3(C)[C@@H](CC[C@@H]4[C@@H]3CC[C@]3(C)C(=O)CC[C@@H]43)C2)C(C)CN1Cc1cc(C(F)(F)F)ccc1C(F)(F)F. The van der Waals surface area contributed by atoms with Gasteiger partial charge in [0.1, 0.15) is 5.78 Å². The number of fused-ring (bicyclic) bond motifs is 5. The van der Waals surface area contributed by atoms with Crippen LogP contribution in [-0.2, 0) is 23.7 Å². The van der Waals surface area contributed by atoms with E-state index < -0.39 is 29.1 Å². The minimum absolute atomic E-state index is 0.0784. The summed E-state index contributed by atoms with van der Waals surface area (Å²) in [6.07, 6.45) is -1.09. The summed E-state index contributed by atoms with van der Waals surface area (Å²) in [5.74, 6) is 2.53. The topological polar surface area (TPSA) is 43.8 Å². The number of hydrogen-bond donors (Lipinski definition) is 1. The van der Waals surface area contributed by atoms with Crippen molar-refractivity contribution in [2.24, 2.45) is 34.5 Å². The van der Waals surface area contributed by atoms with Crippen LogP contribution in [0, 0.1) is 34.5 Å². The van der Waals surface area contributed by atoms with Gasteiger partial charge >= 0.3 is 12.4 Å². The summed E-state index contributed by atoms with van der Waals surface area (Å²) in [4.78, 5) is 16.8. The zero-order valence-corrected chi connectivity index (χ0v) is 26.9. The normalized spacial score (nSPS) is 41.4. The van der Waals surface area contributed by atoms with Crippen LogP contribution in [-0.4, -0.2) is 58.0 Å². The minimum Gasteiger partial charge on any atom is -0.389 e. The van der Waals surface area contributed by atoms with Gasteiger partial charge < -0.3 is 5.11 Å². The minimum atomic E-state index is -4.75. The zero-order chi connectivity index (χ0) is 32.7. The third kappa shape index (κ3) is 5.87. The van der Waals surface area contributed by atoms with E-state index in [0.29, 0.717) is 73.7 Å². The largest absolute Gasteiger partial charge is 0.416 e. The maximum absolute atomic E-state index is 13.7. The maximum atomic E-state index is 13.7. The van der Waals surface area contributed by atoms with Crippen molar-refractivity contribution >= 4 is 5.78 Å². The van der Waals surface area contributed by atoms with Crippen LogP contribution >= 0.6 is 0 Å². The maximum Gasteiger partial charge on any atom is 0.416 e. The number of Topliss-reactive ketones (excluding diaryl/α,β-unsaturated/α-hetero) is 1. The lowest BCUT2D eigenvalue weighted by Gasteiger charge is -2.61. The molecule has 0 aromatic heterocycles. The summed E-state index contributed by atoms with van der Waals surface area (Å²) in [5.41, 5.74) is -3.33. The number of aliphatic hydroxyl groups is 1. The Hall–Kier alpha value is -1.65. The Morgan fingerprint density at radius 1 is 0.867 bits per heavy atom. The predicted octanol–water partition coefficient (Wildman–Crippen LogP) is 7.96. The van der Waals surface area contributed by atoms with E-state index in [9.17, 15) is 36.2 Å². The van der Waals surface area contributed by atoms with Crippen molar-refractivity contribution in [3.63, 3.8) is 0 Å². The summed E-state index contributed by atoms with van der Waals surface area (Å²) in [6, 6.07) is 1.40. The van der Waals surface area contributed by atoms with E-state index in [1.165, 1.54) is 0 Å². The molecule has 0 bridgehead atoms. The first-order valence-corrected chi connectivity index (χ1v) is 16.9. The number of carbonyl (C=O) groups excluding carboxylic acids is 1. The van der Waals surface area contributed by atoms with Crippen molar-refractivity contribution in [1.29, 1.82) is 0 Å². The average Bonchev–Trinajstić information content (AvgIpc) is 3.25. The van der Waals surface area contributed by atoms with Crippen LogP contribution in [0.5, 0.6) is 0 Å². The van der Waals surface area contributed by atoms with Crippen LogP contribution in [0.15, 0.2) is 18.2 Å². The number of piperazine rings is 1. The van der Waals surface area contributed by atoms with Crippen LogP contribution in [0.1, 0.15) is 102 Å². The molecule has 0 spiro atoms. The first-order chi connectivity index (χ1) is 20.8. The van der Waals surface area contributed by atoms with Gasteiger partial charge in [-0.3, -0.25) is 14.6 Å². The fourth-order valence-electron chi connectivity index (χ4n) is 10.7. The molecule has 45 heavy (non-hydrogen) atoms. The van der Waals surface area contributed by atoms with Crippen molar-refractivity contribution in [1.82, 2.24) is 9.80 Å². The lowest BCUT2D eigenvalue weighted by atomic mass is 9.44. The van der Waals surface area contributed by atoms with Crippen molar-refractivity contribution < 1.29 is 36.2 Å². The summed E-state index contributed by atoms with van der Waals surface area (Å²) in [5, 5.41) is 12.0. The molecule has 1 N–H and O–H groups in total. The molecule has 1 aliphatic heterocycles. The first-order valence-electron chi connectivity index (χ1n) is 16.9. The number of alkyl halides is 6. The smallest absolute Gasteiger partial charge is 0.389 e. The molecule has 10 heteroatoms. The molecule has 4 nitrogen and oxygen atoms in total. The molecule has 2 unspecified atom stereocenters. The highest BCUT2D eigenvalue weighted by atomic mass is 19.4. The van der Waals surface area contributed by atoms with Crippen LogP contribution in [0.2, 0.25) is 0 Å². The number of benzene rings is 1. The first kappa shape index (κ1) is 33.3. The predicted molar refractivity (Wildman–Crippen MR) is 159 cm³/mol. The van der Waals surface area contributed by atoms with Crippen LogP contribution < -0.4 is 0 Å². The third-order valence-electron chi connectivity index (χ3n) is 13.4. The van der Waals surface area contributed by atoms with Gasteiger partial charge in [-0.05, 0) is 118 Å². The molecule has 5 aliphatic rings. The van der Waals surface area contributed by atoms with Gasteiger partial charge in [-0.15, -0.1) is 0 Å². The molecule has 9 atom stereocenters. The highest BCUT2D eigenvalue weighted by Crippen LogP contribution is 2.66. The fraction of sp³-hybridized carbons (Fsp3) is 0.800. The number of nitrogens with zero attached hydrogens (tertiary/aromatic N) is 2. The van der Waals surface area contributed by atoms with Gasteiger partial charge in [0.25, 0.3) is 0 Å². The zero-order valence-electron chi connectivity index (χ0n) is 26.9. The second-order valence-corrected chi connectivity index (χ2v) is 15.9. The second kappa shape index (κ2) is 11.2. The Balaban J connectivity index is 1.11. The van der Waals surface area contributed by atoms with E-state index in [0.717, 1.165) is 51.4 Å². The molecular formula is C35H48F6N2O2. The molecule has 1 aromatic carbocycles. The Labute approximate surface area is 262 Å². The van der Waals surface area contributed by atoms with Crippen LogP contribution in [0.3, 0.4) is 0 Å². The highest BCUT2D eigenvalue weighted by Gasteiger charge is 2.61. The molecule has 1 saturated heterocycles. The van der Waals surface area contributed by atoms with Crippen LogP contribution in [0.4, 0.5) is 26.3 Å². The van der Waals surface area contributed by atoms with E-state index in [-0.39, 0.29) is 35.0 Å². The van der Waals surface area contributed by atoms with Crippen molar-refractivity contribution in [2.45, 2.75) is 122 Å². The van der Waals surface area contributed by atoms with Crippen LogP contribution in [0.25, 0.3) is 0 Å². The highest BCUT2D eigenvalue weighted by molar-refractivity contribution is 5.87. The van der Waals surface area contributed by atoms with Crippen molar-refractivity contribution in [2.75, 3.05) is 19.6 Å². The molecule has 6 rings (SSSR count). The van der Waals surface area contributed by atoms with Gasteiger partial charge in [0.05, 0.1) is 16.7 Å². The number of rotatable bonds is 4. The number of ketones is 1. The Morgan fingerprint density at radius 3 is 2.24 bits per heavy atom. The summed E-state index contributed by atoms with van der Waals surface area (Å²) < 4.78 is 81.4. The van der Waals surface area contributed by atoms with E-state index >= 15 is 0 Å². The lowest BCUT2D eigenvalue weighted by Crippen LogP contribution is -2.62. The van der Waals surface area contributed by atoms with Gasteiger partial charge in [-0.2, -0.15) is 26.3 Å². The monoisotopic (exact) mass is 642 g/mol. The molecule has 1 heterocycles. The second-order valence-electron chi connectivity index (χ2n) is 15.9. The lowest BCUT2D eigenvalue weighted by molar-refractivity contribution is -0.160. The van der Waals surface area contributed by atoms with Gasteiger partial charge in [0.2, 0.25) is 0 Å². The molecule has 1 aromatic rings. The summed E-state index contributed by atoms with van der Waals surface area (Å²) in [6.45, 7) is 9.69. The van der Waals surface area contributed by atoms with Gasteiger partial charge in [-0.25, -0.2) is 0 Å². The number of carbonyl (C=O) groups is 1. The number of β-amino-alcohol motifs (C(OH)–C–C–N with tert-alkyl or cyclic N) is 1. The standard InChI is InChI=1S/C35H48F6N2O2/c1-21-18-43(22(2)17-42(21)19-23-15-24(34(36,37)38)6-8-27(23)35(39,40)41)20-33(45)14-13-31(3)25(16-33)5-7-26-28-9-10-30(44)32(28,4)12-11-29(26)31/h6,8,15,21-22,25-26,28-29,45H,5,7,9-14,16-20H2,1-4H3/t21?,22?,25-,26-,28-,29-,31-,32-,33+/m0/s1. The van der Waals surface area contributed by atoms with Gasteiger partial charge in [0, 0.05) is 50.1 Å². The summed E-state index contributed by atoms with van der Waals surface area (Å²) in [7, 11) is 0. The van der Waals surface area contributed by atoms with E-state index in [1.807, 2.05) is 18.7 Å². The Bertz CT molecular complexity index is 1300. The fourth-order valence-corrected chi connectivity index (χ4v) is 10.7. The summed E-state index contributed by atoms with van der Waals surface area (Å²) >= 11 is 0. The molecule has 252 valence electrons. The molecule has 4 saturated carbocycles. The molecule has 4 aliphatic carbocycles. The van der Waals surface area contributed by atoms with Gasteiger partial charge in [0.15, 0.2) is 0 Å². The number of halogens is 6. The van der Waals surface area contributed by atoms with E-state index in [4.69, 9.17) is 0 Å². The molecular weight excluding hydrogens is 594 g/mol. The van der Waals surface area contributed by atoms with Crippen molar-refractivity contribution in [3.05, 3.63) is 34.9 Å². The number of hydrogen-bond acceptors (Lipinski definition) is 4. The Morgan fingerprint density at radius 2 is 1.56 bits per heavy atom. The quantitative estimate of drug-likeness (QED) is 0.339. The van der Waals surface area contributed by atoms with E-state index in [2.05, 4.69) is 18.7 Å². The molecule has 5 fully saturated rings. The van der Waals surface area contributed by atoms with Crippen molar-refractivity contribution in [3.8, 4) is 0 Å². The van der Waals surface area contributed by atoms with Gasteiger partial charge in [-0.1, -0.05) is 13.8 Å². The Kier molecular flexibility index (Phi) is 8.29. The third-order valence-corrected chi connectivity index (χ3v) is 13.4. The molecule has 0 amide bonds. The van der Waals surface area contributed by atoms with E-state index in [1.54, 1.807) is 0 Å². The molecule has 0 radical (unpaired) electrons. The average molecular weight is 643 g/mol.